The molecule has 0 aliphatic heterocycles. The Kier molecular flexibility index (Phi) is 3.06. The summed E-state index contributed by atoms with van der Waals surface area (Å²) in [5.41, 5.74) is 0.846. The molecule has 0 N–H and O–H groups in total. The zero-order chi connectivity index (χ0) is 12.3. The number of aromatic nitrogens is 3. The molecule has 0 aliphatic rings. The van der Waals surface area contributed by atoms with E-state index in [-0.39, 0.29) is 11.1 Å². The maximum absolute atomic E-state index is 11.8. The lowest BCUT2D eigenvalue weighted by Crippen LogP contribution is -2.21. The Balaban J connectivity index is 2.31. The van der Waals surface area contributed by atoms with E-state index in [9.17, 15) is 4.79 Å². The Bertz CT molecular complexity index is 618. The Hall–Kier alpha value is -2.35. The van der Waals surface area contributed by atoms with Gasteiger partial charge in [-0.1, -0.05) is 0 Å². The highest BCUT2D eigenvalue weighted by molar-refractivity contribution is 5.25. The first kappa shape index (κ1) is 11.1. The molecule has 0 fully saturated rings. The number of nitriles is 1. The second-order valence-corrected chi connectivity index (χ2v) is 3.67. The summed E-state index contributed by atoms with van der Waals surface area (Å²) in [6.07, 6.45) is 5.30. The van der Waals surface area contributed by atoms with E-state index >= 15 is 0 Å². The maximum Gasteiger partial charge on any atom is 0.268 e. The molecule has 0 unspecified atom stereocenters. The van der Waals surface area contributed by atoms with E-state index in [0.717, 1.165) is 12.1 Å². The maximum atomic E-state index is 11.8. The van der Waals surface area contributed by atoms with Gasteiger partial charge in [-0.05, 0) is 19.1 Å². The third-order valence-electron chi connectivity index (χ3n) is 2.50. The van der Waals surface area contributed by atoms with Gasteiger partial charge in [0.15, 0.2) is 0 Å². The van der Waals surface area contributed by atoms with Crippen LogP contribution in [0.4, 0.5) is 0 Å². The van der Waals surface area contributed by atoms with Gasteiger partial charge in [-0.25, -0.2) is 0 Å². The van der Waals surface area contributed by atoms with Crippen LogP contribution in [0.3, 0.4) is 0 Å². The monoisotopic (exact) mass is 228 g/mol. The van der Waals surface area contributed by atoms with Crippen molar-refractivity contribution >= 4 is 0 Å². The molecule has 5 nitrogen and oxygen atoms in total. The van der Waals surface area contributed by atoms with E-state index in [1.807, 2.05) is 19.2 Å². The number of aryl methyl sites for hydroxylation is 1. The van der Waals surface area contributed by atoms with Crippen molar-refractivity contribution < 1.29 is 0 Å². The van der Waals surface area contributed by atoms with Crippen LogP contribution in [0, 0.1) is 11.3 Å². The van der Waals surface area contributed by atoms with Gasteiger partial charge in [0, 0.05) is 24.5 Å². The summed E-state index contributed by atoms with van der Waals surface area (Å²) in [6.45, 7) is 3.24. The van der Waals surface area contributed by atoms with E-state index < -0.39 is 0 Å². The fourth-order valence-corrected chi connectivity index (χ4v) is 1.60. The van der Waals surface area contributed by atoms with Gasteiger partial charge in [0.2, 0.25) is 0 Å². The fourth-order valence-electron chi connectivity index (χ4n) is 1.60. The Morgan fingerprint density at radius 2 is 2.35 bits per heavy atom. The minimum absolute atomic E-state index is 0.162. The number of rotatable bonds is 3. The predicted octanol–water partition coefficient (Wildman–Crippen LogP) is 0.985. The summed E-state index contributed by atoms with van der Waals surface area (Å²) in [5.74, 6) is 0. The van der Waals surface area contributed by atoms with Crippen molar-refractivity contribution in [2.75, 3.05) is 0 Å². The molecule has 0 spiro atoms. The topological polar surface area (TPSA) is 63.6 Å². The van der Waals surface area contributed by atoms with Gasteiger partial charge in [-0.2, -0.15) is 10.4 Å². The first-order chi connectivity index (χ1) is 8.24. The number of hydrogen-bond donors (Lipinski definition) is 0. The van der Waals surface area contributed by atoms with Gasteiger partial charge in [0.05, 0.1) is 12.7 Å². The molecule has 0 bridgehead atoms. The lowest BCUT2D eigenvalue weighted by atomic mass is 10.3. The first-order valence-corrected chi connectivity index (χ1v) is 5.35. The van der Waals surface area contributed by atoms with Gasteiger partial charge < -0.3 is 4.57 Å². The normalized spacial score (nSPS) is 10.1. The third-order valence-corrected chi connectivity index (χ3v) is 2.50. The van der Waals surface area contributed by atoms with Crippen molar-refractivity contribution in [3.8, 4) is 6.07 Å². The second kappa shape index (κ2) is 4.66. The molecule has 2 aromatic heterocycles. The van der Waals surface area contributed by atoms with Crippen LogP contribution in [-0.2, 0) is 13.1 Å². The zero-order valence-electron chi connectivity index (χ0n) is 9.50. The molecular formula is C12H12N4O. The predicted molar refractivity (Wildman–Crippen MR) is 62.4 cm³/mol. The van der Waals surface area contributed by atoms with E-state index in [1.54, 1.807) is 23.1 Å². The number of pyridine rings is 1. The standard InChI is InChI=1S/C12H12N4O/c1-2-16-9-10(7-14-16)8-15-5-3-4-11(6-13)12(15)17/h3-5,7,9H,2,8H2,1H3. The summed E-state index contributed by atoms with van der Waals surface area (Å²) >= 11 is 0. The Labute approximate surface area is 98.5 Å². The molecular weight excluding hydrogens is 216 g/mol. The fraction of sp³-hybridized carbons (Fsp3) is 0.250. The molecule has 0 amide bonds. The minimum Gasteiger partial charge on any atom is -0.310 e. The number of nitrogens with zero attached hydrogens (tertiary/aromatic N) is 4. The van der Waals surface area contributed by atoms with Crippen LogP contribution in [0.5, 0.6) is 0 Å². The Morgan fingerprint density at radius 3 is 3.00 bits per heavy atom. The van der Waals surface area contributed by atoms with Crippen LogP contribution in [-0.4, -0.2) is 14.3 Å². The van der Waals surface area contributed by atoms with E-state index in [1.165, 1.54) is 10.6 Å². The van der Waals surface area contributed by atoms with Gasteiger partial charge in [0.1, 0.15) is 11.6 Å². The van der Waals surface area contributed by atoms with Crippen LogP contribution in [0.15, 0.2) is 35.5 Å². The van der Waals surface area contributed by atoms with Gasteiger partial charge in [-0.15, -0.1) is 0 Å². The molecule has 0 aromatic carbocycles. The number of hydrogen-bond acceptors (Lipinski definition) is 3. The molecule has 0 saturated heterocycles. The lowest BCUT2D eigenvalue weighted by Gasteiger charge is -2.02. The van der Waals surface area contributed by atoms with Crippen LogP contribution in [0.1, 0.15) is 18.1 Å². The molecule has 2 rings (SSSR count). The zero-order valence-corrected chi connectivity index (χ0v) is 9.50. The average Bonchev–Trinajstić information content (AvgIpc) is 2.79. The highest BCUT2D eigenvalue weighted by atomic mass is 16.1. The SMILES string of the molecule is CCn1cc(Cn2cccc(C#N)c2=O)cn1. The average molecular weight is 228 g/mol. The van der Waals surface area contributed by atoms with Crippen molar-refractivity contribution in [3.63, 3.8) is 0 Å². The van der Waals surface area contributed by atoms with Crippen molar-refractivity contribution in [2.24, 2.45) is 0 Å². The van der Waals surface area contributed by atoms with Crippen molar-refractivity contribution in [3.05, 3.63) is 52.2 Å². The molecule has 86 valence electrons. The first-order valence-electron chi connectivity index (χ1n) is 5.35. The van der Waals surface area contributed by atoms with Crippen LogP contribution < -0.4 is 5.56 Å². The van der Waals surface area contributed by atoms with Crippen molar-refractivity contribution in [1.29, 1.82) is 5.26 Å². The quantitative estimate of drug-likeness (QED) is 0.786. The highest BCUT2D eigenvalue weighted by Crippen LogP contribution is 2.00. The molecule has 0 saturated carbocycles. The summed E-state index contributed by atoms with van der Waals surface area (Å²) in [6, 6.07) is 5.10. The van der Waals surface area contributed by atoms with E-state index in [2.05, 4.69) is 5.10 Å². The summed E-state index contributed by atoms with van der Waals surface area (Å²) in [4.78, 5) is 11.8. The molecule has 0 aliphatic carbocycles. The Morgan fingerprint density at radius 1 is 1.53 bits per heavy atom. The van der Waals surface area contributed by atoms with E-state index in [4.69, 9.17) is 5.26 Å². The van der Waals surface area contributed by atoms with Crippen LogP contribution in [0.2, 0.25) is 0 Å². The summed E-state index contributed by atoms with van der Waals surface area (Å²) in [7, 11) is 0. The molecule has 2 aromatic rings. The van der Waals surface area contributed by atoms with Crippen LogP contribution >= 0.6 is 0 Å². The molecule has 0 radical (unpaired) electrons. The summed E-state index contributed by atoms with van der Waals surface area (Å²) in [5, 5.41) is 12.9. The van der Waals surface area contributed by atoms with Crippen molar-refractivity contribution in [2.45, 2.75) is 20.0 Å². The smallest absolute Gasteiger partial charge is 0.268 e. The highest BCUT2D eigenvalue weighted by Gasteiger charge is 2.04. The molecule has 0 atom stereocenters. The van der Waals surface area contributed by atoms with E-state index in [0.29, 0.717) is 6.54 Å². The minimum atomic E-state index is -0.265. The van der Waals surface area contributed by atoms with Crippen molar-refractivity contribution in [1.82, 2.24) is 14.3 Å². The van der Waals surface area contributed by atoms with Gasteiger partial charge >= 0.3 is 0 Å². The summed E-state index contributed by atoms with van der Waals surface area (Å²) < 4.78 is 3.31. The third kappa shape index (κ3) is 2.26. The second-order valence-electron chi connectivity index (χ2n) is 3.67. The van der Waals surface area contributed by atoms with Gasteiger partial charge in [-0.3, -0.25) is 9.48 Å². The van der Waals surface area contributed by atoms with Crippen LogP contribution in [0.25, 0.3) is 0 Å². The molecule has 2 heterocycles. The molecule has 5 heteroatoms. The molecule has 17 heavy (non-hydrogen) atoms. The lowest BCUT2D eigenvalue weighted by molar-refractivity contribution is 0.658. The largest absolute Gasteiger partial charge is 0.310 e. The van der Waals surface area contributed by atoms with Gasteiger partial charge in [0.25, 0.3) is 5.56 Å².